The van der Waals surface area contributed by atoms with E-state index in [-0.39, 0.29) is 29.5 Å². The van der Waals surface area contributed by atoms with E-state index in [4.69, 9.17) is 0 Å². The molecule has 1 aromatic carbocycles. The van der Waals surface area contributed by atoms with Crippen LogP contribution in [0.5, 0.6) is 0 Å². The third kappa shape index (κ3) is 5.91. The van der Waals surface area contributed by atoms with Crippen molar-refractivity contribution in [3.05, 3.63) is 70.1 Å². The largest absolute Gasteiger partial charge is 0.350 e. The van der Waals surface area contributed by atoms with Crippen LogP contribution in [0.15, 0.2) is 53.5 Å². The Morgan fingerprint density at radius 1 is 1.04 bits per heavy atom. The topological polar surface area (TPSA) is 80.2 Å². The van der Waals surface area contributed by atoms with Crippen LogP contribution in [0.2, 0.25) is 0 Å². The third-order valence-corrected chi connectivity index (χ3v) is 3.38. The smallest absolute Gasteiger partial charge is 0.253 e. The lowest BCUT2D eigenvalue weighted by atomic mass is 10.1. The summed E-state index contributed by atoms with van der Waals surface area (Å²) in [7, 11) is 0. The predicted octanol–water partition coefficient (Wildman–Crippen LogP) is 1.69. The van der Waals surface area contributed by atoms with Crippen molar-refractivity contribution in [2.45, 2.75) is 39.4 Å². The molecule has 0 radical (unpaired) electrons. The van der Waals surface area contributed by atoms with Crippen LogP contribution in [-0.2, 0) is 17.9 Å². The van der Waals surface area contributed by atoms with Gasteiger partial charge in [0.2, 0.25) is 5.91 Å². The van der Waals surface area contributed by atoms with Crippen molar-refractivity contribution in [1.82, 2.24) is 15.2 Å². The second-order valence-corrected chi connectivity index (χ2v) is 6.85. The molecule has 0 aliphatic carbocycles. The Kier molecular flexibility index (Phi) is 5.75. The second-order valence-electron chi connectivity index (χ2n) is 6.85. The molecule has 25 heavy (non-hydrogen) atoms. The molecule has 0 fully saturated rings. The van der Waals surface area contributed by atoms with E-state index in [9.17, 15) is 14.4 Å². The number of pyridine rings is 1. The van der Waals surface area contributed by atoms with Crippen LogP contribution < -0.4 is 16.2 Å². The van der Waals surface area contributed by atoms with Crippen molar-refractivity contribution in [3.63, 3.8) is 0 Å². The van der Waals surface area contributed by atoms with E-state index in [1.54, 1.807) is 0 Å². The fourth-order valence-electron chi connectivity index (χ4n) is 2.21. The summed E-state index contributed by atoms with van der Waals surface area (Å²) in [5.74, 6) is -0.578. The number of carbonyl (C=O) groups is 2. The molecule has 2 aromatic rings. The van der Waals surface area contributed by atoms with E-state index in [0.29, 0.717) is 12.1 Å². The van der Waals surface area contributed by atoms with Crippen LogP contribution in [0.25, 0.3) is 0 Å². The summed E-state index contributed by atoms with van der Waals surface area (Å²) in [6, 6.07) is 12.3. The normalized spacial score (nSPS) is 11.0. The Hall–Kier alpha value is -2.89. The minimum atomic E-state index is -0.384. The molecule has 132 valence electrons. The summed E-state index contributed by atoms with van der Waals surface area (Å²) in [6.45, 7) is 5.87. The van der Waals surface area contributed by atoms with Gasteiger partial charge in [0, 0.05) is 24.3 Å². The maximum absolute atomic E-state index is 12.2. The zero-order chi connectivity index (χ0) is 18.4. The molecule has 6 heteroatoms. The molecule has 0 atom stereocenters. The van der Waals surface area contributed by atoms with Gasteiger partial charge in [-0.3, -0.25) is 14.4 Å². The van der Waals surface area contributed by atoms with Gasteiger partial charge in [-0.05, 0) is 32.4 Å². The minimum absolute atomic E-state index is 0.137. The van der Waals surface area contributed by atoms with Crippen molar-refractivity contribution >= 4 is 11.8 Å². The molecule has 2 rings (SSSR count). The average molecular weight is 341 g/mol. The lowest BCUT2D eigenvalue weighted by Crippen LogP contribution is -2.41. The van der Waals surface area contributed by atoms with Crippen LogP contribution in [0, 0.1) is 0 Å². The SMILES string of the molecule is CC(C)(C)NC(=O)c1ccc(=O)n(CC(=O)NCc2ccccc2)c1. The minimum Gasteiger partial charge on any atom is -0.350 e. The number of nitrogens with zero attached hydrogens (tertiary/aromatic N) is 1. The van der Waals surface area contributed by atoms with Crippen LogP contribution >= 0.6 is 0 Å². The molecule has 1 heterocycles. The van der Waals surface area contributed by atoms with Gasteiger partial charge >= 0.3 is 0 Å². The van der Waals surface area contributed by atoms with Crippen molar-refractivity contribution in [1.29, 1.82) is 0 Å². The van der Waals surface area contributed by atoms with Gasteiger partial charge in [0.05, 0.1) is 5.56 Å². The molecule has 0 unspecified atom stereocenters. The fourth-order valence-corrected chi connectivity index (χ4v) is 2.21. The Balaban J connectivity index is 2.03. The summed E-state index contributed by atoms with van der Waals surface area (Å²) in [6.07, 6.45) is 1.41. The zero-order valence-electron chi connectivity index (χ0n) is 14.7. The standard InChI is InChI=1S/C19H23N3O3/c1-19(2,3)21-18(25)15-9-10-17(24)22(12-15)13-16(23)20-11-14-7-5-4-6-8-14/h4-10,12H,11,13H2,1-3H3,(H,20,23)(H,21,25). The van der Waals surface area contributed by atoms with E-state index >= 15 is 0 Å². The van der Waals surface area contributed by atoms with Gasteiger partial charge in [0.25, 0.3) is 11.5 Å². The van der Waals surface area contributed by atoms with Crippen molar-refractivity contribution in [3.8, 4) is 0 Å². The van der Waals surface area contributed by atoms with Gasteiger partial charge in [-0.15, -0.1) is 0 Å². The first-order valence-corrected chi connectivity index (χ1v) is 8.08. The molecule has 1 aromatic heterocycles. The summed E-state index contributed by atoms with van der Waals surface area (Å²) >= 11 is 0. The van der Waals surface area contributed by atoms with Crippen molar-refractivity contribution in [2.75, 3.05) is 0 Å². The lowest BCUT2D eigenvalue weighted by Gasteiger charge is -2.20. The van der Waals surface area contributed by atoms with Crippen LogP contribution in [0.1, 0.15) is 36.7 Å². The molecule has 0 saturated carbocycles. The van der Waals surface area contributed by atoms with Gasteiger partial charge in [-0.25, -0.2) is 0 Å². The summed E-state index contributed by atoms with van der Waals surface area (Å²) < 4.78 is 1.23. The molecule has 0 bridgehead atoms. The fraction of sp³-hybridized carbons (Fsp3) is 0.316. The second kappa shape index (κ2) is 7.79. The van der Waals surface area contributed by atoms with E-state index in [1.165, 1.54) is 22.9 Å². The van der Waals surface area contributed by atoms with E-state index < -0.39 is 0 Å². The first kappa shape index (κ1) is 18.4. The van der Waals surface area contributed by atoms with Crippen LogP contribution in [0.3, 0.4) is 0 Å². The van der Waals surface area contributed by atoms with Crippen molar-refractivity contribution in [2.24, 2.45) is 0 Å². The first-order chi connectivity index (χ1) is 11.7. The Bertz CT molecular complexity index is 805. The van der Waals surface area contributed by atoms with E-state index in [1.807, 2.05) is 51.1 Å². The molecule has 6 nitrogen and oxygen atoms in total. The Labute approximate surface area is 146 Å². The number of benzene rings is 1. The summed E-state index contributed by atoms with van der Waals surface area (Å²) in [5, 5.41) is 5.59. The van der Waals surface area contributed by atoms with Crippen LogP contribution in [0.4, 0.5) is 0 Å². The number of amides is 2. The summed E-state index contributed by atoms with van der Waals surface area (Å²) in [5.41, 5.74) is 0.597. The number of carbonyl (C=O) groups excluding carboxylic acids is 2. The monoisotopic (exact) mass is 341 g/mol. The predicted molar refractivity (Wildman–Crippen MR) is 96.2 cm³/mol. The van der Waals surface area contributed by atoms with Crippen molar-refractivity contribution < 1.29 is 9.59 Å². The molecule has 0 saturated heterocycles. The highest BCUT2D eigenvalue weighted by Crippen LogP contribution is 2.03. The number of nitrogens with one attached hydrogen (secondary N) is 2. The first-order valence-electron chi connectivity index (χ1n) is 8.08. The van der Waals surface area contributed by atoms with E-state index in [2.05, 4.69) is 10.6 Å². The Morgan fingerprint density at radius 2 is 1.72 bits per heavy atom. The number of hydrogen-bond donors (Lipinski definition) is 2. The molecule has 0 aliphatic rings. The molecule has 0 aliphatic heterocycles. The molecule has 2 N–H and O–H groups in total. The number of hydrogen-bond acceptors (Lipinski definition) is 3. The Morgan fingerprint density at radius 3 is 2.36 bits per heavy atom. The highest BCUT2D eigenvalue weighted by molar-refractivity contribution is 5.94. The average Bonchev–Trinajstić information content (AvgIpc) is 2.54. The summed E-state index contributed by atoms with van der Waals surface area (Å²) in [4.78, 5) is 36.2. The van der Waals surface area contributed by atoms with Gasteiger partial charge in [-0.1, -0.05) is 30.3 Å². The molecular weight excluding hydrogens is 318 g/mol. The number of rotatable bonds is 5. The molecular formula is C19H23N3O3. The molecule has 2 amide bonds. The van der Waals surface area contributed by atoms with Gasteiger partial charge in [0.1, 0.15) is 6.54 Å². The maximum Gasteiger partial charge on any atom is 0.253 e. The lowest BCUT2D eigenvalue weighted by molar-refractivity contribution is -0.121. The maximum atomic E-state index is 12.2. The molecule has 0 spiro atoms. The van der Waals surface area contributed by atoms with E-state index in [0.717, 1.165) is 5.56 Å². The quantitative estimate of drug-likeness (QED) is 0.868. The van der Waals surface area contributed by atoms with Crippen LogP contribution in [-0.4, -0.2) is 21.9 Å². The zero-order valence-corrected chi connectivity index (χ0v) is 14.7. The highest BCUT2D eigenvalue weighted by Gasteiger charge is 2.16. The van der Waals surface area contributed by atoms with Gasteiger partial charge < -0.3 is 15.2 Å². The third-order valence-electron chi connectivity index (χ3n) is 3.38. The number of aromatic nitrogens is 1. The highest BCUT2D eigenvalue weighted by atomic mass is 16.2. The van der Waals surface area contributed by atoms with Gasteiger partial charge in [-0.2, -0.15) is 0 Å². The van der Waals surface area contributed by atoms with Gasteiger partial charge in [0.15, 0.2) is 0 Å².